The summed E-state index contributed by atoms with van der Waals surface area (Å²) in [5.74, 6) is -1.62. The summed E-state index contributed by atoms with van der Waals surface area (Å²) in [6, 6.07) is 0. The lowest BCUT2D eigenvalue weighted by molar-refractivity contribution is -0.161. The minimum atomic E-state index is -4.95. The first-order chi connectivity index (χ1) is 54.2. The van der Waals surface area contributed by atoms with Gasteiger partial charge in [-0.15, -0.1) is 0 Å². The van der Waals surface area contributed by atoms with Crippen molar-refractivity contribution in [1.82, 2.24) is 0 Å². The Morgan fingerprint density at radius 1 is 0.261 bits per heavy atom. The van der Waals surface area contributed by atoms with Gasteiger partial charge in [0.15, 0.2) is 6.10 Å². The second-order valence-corrected chi connectivity index (χ2v) is 31.1. The zero-order chi connectivity index (χ0) is 80.8. The molecule has 18 heteroatoms. The molecule has 0 heterocycles. The number of aliphatic hydroxyl groups excluding tert-OH is 2. The number of unbranched alkanes of at least 4 members (excludes halogenated alkanes) is 27. The van der Waals surface area contributed by atoms with Gasteiger partial charge in [0.25, 0.3) is 0 Å². The molecular weight excluding hydrogens is 1430 g/mol. The summed E-state index contributed by atoms with van der Waals surface area (Å²) < 4.78 is 61.3. The summed E-state index contributed by atoms with van der Waals surface area (Å²) in [5, 5.41) is 20.7. The van der Waals surface area contributed by atoms with Crippen LogP contribution in [0.3, 0.4) is 0 Å². The van der Waals surface area contributed by atoms with E-state index in [-0.39, 0.29) is 19.3 Å². The van der Waals surface area contributed by atoms with Crippen molar-refractivity contribution in [3.63, 3.8) is 0 Å². The van der Waals surface area contributed by atoms with Crippen LogP contribution in [-0.2, 0) is 55.8 Å². The number of allylic oxidation sites excluding steroid dienone is 30. The molecule has 0 aromatic heterocycles. The molecule has 0 rings (SSSR count). The standard InChI is InChI=1S/C93H154O16P2/c1-4-7-10-13-16-19-22-25-28-31-34-37-40-41-42-43-44-45-48-50-52-55-58-61-64-67-70-73-76-79-91(96)103-82-88(94)83-105-110(99,100)106-84-89(95)85-107-111(101,102)108-87-90(109-93(98)81-78-75-72-69-66-63-60-57-54-51-47-39-36-33-30-27-24-21-18-15-12-9-6-3)86-104-92(97)80-77-74-71-68-65-62-59-56-53-49-46-38-35-32-29-26-23-20-17-14-11-8-5-2/h7-8,10-11,16-21,25-30,34-39,41-42,49,51,53-54,59,62,88-90,94-95H,4-6,9,12-15,22-24,31-33,40,43-48,50,52,55-58,60-61,63-87H2,1-3H3,(H,99,100)(H,101,102)/b10-7-,11-8-,19-16-,20-17-,21-18-,28-25-,29-26-,30-27-,37-34-,38-35-,39-36-,42-41-,53-49-,54-51-,62-59-. The molecule has 0 aromatic carbocycles. The Hall–Kier alpha value is -5.35. The van der Waals surface area contributed by atoms with Crippen LogP contribution in [0.25, 0.3) is 0 Å². The number of carbonyl (C=O) groups excluding carboxylic acids is 3. The first-order valence-electron chi connectivity index (χ1n) is 43.1. The summed E-state index contributed by atoms with van der Waals surface area (Å²) in [7, 11) is -9.82. The molecular formula is C93H154O16P2. The lowest BCUT2D eigenvalue weighted by Crippen LogP contribution is -2.30. The number of esters is 3. The molecule has 0 saturated heterocycles. The third kappa shape index (κ3) is 85.4. The highest BCUT2D eigenvalue weighted by molar-refractivity contribution is 7.47. The van der Waals surface area contributed by atoms with Gasteiger partial charge in [0.2, 0.25) is 0 Å². The third-order valence-corrected chi connectivity index (χ3v) is 19.5. The molecule has 0 spiro atoms. The van der Waals surface area contributed by atoms with Crippen LogP contribution in [0.1, 0.15) is 329 Å². The summed E-state index contributed by atoms with van der Waals surface area (Å²) in [6.45, 7) is 2.39. The van der Waals surface area contributed by atoms with E-state index in [0.717, 1.165) is 186 Å². The minimum absolute atomic E-state index is 0.0795. The SMILES string of the molecule is CC/C=C\C/C=C\C/C=C\C/C=C\C/C=C\C/C=C\CCCCCCC(=O)OCC(COP(=O)(O)OCC(O)COP(=O)(O)OCC(O)COC(=O)CCCCCCCCCCCCCCC/C=C\C/C=C\C/C=C\C/C=C\C/C=C\CC)OC(=O)CCCCCCCCC/C=C\C/C=C\C/C=C\C/C=C\CCCCC. The van der Waals surface area contributed by atoms with Crippen molar-refractivity contribution >= 4 is 33.6 Å². The van der Waals surface area contributed by atoms with Crippen LogP contribution in [0, 0.1) is 0 Å². The molecule has 111 heavy (non-hydrogen) atoms. The zero-order valence-corrected chi connectivity index (χ0v) is 71.1. The number of ether oxygens (including phenoxy) is 3. The maximum atomic E-state index is 13.0. The van der Waals surface area contributed by atoms with E-state index in [9.17, 15) is 43.5 Å². The normalized spacial score (nSPS) is 14.8. The van der Waals surface area contributed by atoms with E-state index in [1.807, 2.05) is 0 Å². The van der Waals surface area contributed by atoms with Gasteiger partial charge in [-0.2, -0.15) is 0 Å². The highest BCUT2D eigenvalue weighted by Gasteiger charge is 2.29. The third-order valence-electron chi connectivity index (χ3n) is 17.6. The van der Waals surface area contributed by atoms with Crippen molar-refractivity contribution in [2.24, 2.45) is 0 Å². The molecule has 0 fully saturated rings. The fourth-order valence-electron chi connectivity index (χ4n) is 11.1. The summed E-state index contributed by atoms with van der Waals surface area (Å²) >= 11 is 0. The Labute approximate surface area is 675 Å². The Kier molecular flexibility index (Phi) is 80.0. The molecule has 0 aromatic rings. The van der Waals surface area contributed by atoms with E-state index in [2.05, 4.69) is 203 Å². The minimum Gasteiger partial charge on any atom is -0.463 e. The number of rotatable bonds is 80. The molecule has 4 N–H and O–H groups in total. The van der Waals surface area contributed by atoms with E-state index < -0.39 is 91.5 Å². The Balaban J connectivity index is 4.68. The molecule has 0 radical (unpaired) electrons. The van der Waals surface area contributed by atoms with E-state index in [4.69, 9.17) is 32.3 Å². The van der Waals surface area contributed by atoms with Crippen LogP contribution in [0.4, 0.5) is 0 Å². The van der Waals surface area contributed by atoms with Crippen molar-refractivity contribution in [1.29, 1.82) is 0 Å². The molecule has 5 atom stereocenters. The molecule has 16 nitrogen and oxygen atoms in total. The van der Waals surface area contributed by atoms with Gasteiger partial charge in [0.1, 0.15) is 25.4 Å². The highest BCUT2D eigenvalue weighted by atomic mass is 31.2. The van der Waals surface area contributed by atoms with E-state index in [1.165, 1.54) is 83.5 Å². The second kappa shape index (κ2) is 84.1. The maximum absolute atomic E-state index is 13.0. The molecule has 0 aliphatic rings. The molecule has 0 bridgehead atoms. The monoisotopic (exact) mass is 1590 g/mol. The van der Waals surface area contributed by atoms with Gasteiger partial charge in [0, 0.05) is 19.3 Å². The van der Waals surface area contributed by atoms with Gasteiger partial charge in [-0.05, 0) is 161 Å². The maximum Gasteiger partial charge on any atom is 0.472 e. The number of phosphoric acid groups is 2. The lowest BCUT2D eigenvalue weighted by Gasteiger charge is -2.21. The highest BCUT2D eigenvalue weighted by Crippen LogP contribution is 2.45. The van der Waals surface area contributed by atoms with E-state index in [1.54, 1.807) is 0 Å². The smallest absolute Gasteiger partial charge is 0.463 e. The molecule has 632 valence electrons. The largest absolute Gasteiger partial charge is 0.472 e. The van der Waals surface area contributed by atoms with Crippen LogP contribution in [0.2, 0.25) is 0 Å². The number of hydrogen-bond donors (Lipinski definition) is 4. The van der Waals surface area contributed by atoms with Gasteiger partial charge >= 0.3 is 33.6 Å². The average molecular weight is 1590 g/mol. The van der Waals surface area contributed by atoms with Crippen LogP contribution in [-0.4, -0.2) is 95.9 Å². The summed E-state index contributed by atoms with van der Waals surface area (Å²) in [4.78, 5) is 58.9. The lowest BCUT2D eigenvalue weighted by atomic mass is 10.0. The van der Waals surface area contributed by atoms with Crippen LogP contribution >= 0.6 is 15.6 Å². The average Bonchev–Trinajstić information content (AvgIpc) is 0.899. The van der Waals surface area contributed by atoms with Crippen LogP contribution in [0.15, 0.2) is 182 Å². The summed E-state index contributed by atoms with van der Waals surface area (Å²) in [6.07, 6.45) is 109. The Bertz CT molecular complexity index is 2750. The number of phosphoric ester groups is 2. The topological polar surface area (TPSA) is 231 Å². The second-order valence-electron chi connectivity index (χ2n) is 28.2. The predicted molar refractivity (Wildman–Crippen MR) is 463 cm³/mol. The fourth-order valence-corrected chi connectivity index (χ4v) is 12.7. The van der Waals surface area contributed by atoms with E-state index in [0.29, 0.717) is 19.3 Å². The quantitative estimate of drug-likeness (QED) is 0.0146. The molecule has 0 amide bonds. The van der Waals surface area contributed by atoms with E-state index >= 15 is 0 Å². The fraction of sp³-hybridized carbons (Fsp3) is 0.645. The first-order valence-corrected chi connectivity index (χ1v) is 46.1. The van der Waals surface area contributed by atoms with Gasteiger partial charge in [-0.3, -0.25) is 32.5 Å². The number of carbonyl (C=O) groups is 3. The van der Waals surface area contributed by atoms with Crippen LogP contribution in [0.5, 0.6) is 0 Å². The predicted octanol–water partition coefficient (Wildman–Crippen LogP) is 26.1. The number of aliphatic hydroxyl groups is 2. The van der Waals surface area contributed by atoms with Crippen molar-refractivity contribution in [3.05, 3.63) is 182 Å². The van der Waals surface area contributed by atoms with Gasteiger partial charge < -0.3 is 34.2 Å². The number of hydrogen-bond acceptors (Lipinski definition) is 14. The van der Waals surface area contributed by atoms with Crippen molar-refractivity contribution in [2.75, 3.05) is 39.6 Å². The van der Waals surface area contributed by atoms with Gasteiger partial charge in [-0.1, -0.05) is 331 Å². The molecule has 5 unspecified atom stereocenters. The Morgan fingerprint density at radius 3 is 0.757 bits per heavy atom. The molecule has 0 saturated carbocycles. The van der Waals surface area contributed by atoms with Gasteiger partial charge in [0.05, 0.1) is 26.4 Å². The molecule has 0 aliphatic carbocycles. The summed E-state index contributed by atoms with van der Waals surface area (Å²) in [5.41, 5.74) is 0. The van der Waals surface area contributed by atoms with Crippen molar-refractivity contribution in [2.45, 2.75) is 347 Å². The van der Waals surface area contributed by atoms with Crippen molar-refractivity contribution < 1.29 is 75.8 Å². The first kappa shape index (κ1) is 106. The Morgan fingerprint density at radius 2 is 0.477 bits per heavy atom. The van der Waals surface area contributed by atoms with Crippen LogP contribution < -0.4 is 0 Å². The zero-order valence-electron chi connectivity index (χ0n) is 69.3. The molecule has 0 aliphatic heterocycles. The van der Waals surface area contributed by atoms with Gasteiger partial charge in [-0.25, -0.2) is 9.13 Å². The van der Waals surface area contributed by atoms with Crippen molar-refractivity contribution in [3.8, 4) is 0 Å².